The minimum absolute atomic E-state index is 0.00212. The number of aromatic nitrogens is 2. The number of nitrogens with zero attached hydrogens (tertiary/aromatic N) is 4. The Morgan fingerprint density at radius 2 is 2.11 bits per heavy atom. The molecule has 1 amide bonds. The van der Waals surface area contributed by atoms with Crippen molar-refractivity contribution in [3.05, 3.63) is 53.9 Å². The first-order valence-electron chi connectivity index (χ1n) is 9.66. The molecule has 1 N–H and O–H groups in total. The van der Waals surface area contributed by atoms with Crippen LogP contribution in [0.2, 0.25) is 0 Å². The maximum Gasteiger partial charge on any atom is 0.225 e. The van der Waals surface area contributed by atoms with E-state index < -0.39 is 0 Å². The van der Waals surface area contributed by atoms with Crippen molar-refractivity contribution in [1.82, 2.24) is 20.2 Å². The maximum atomic E-state index is 12.6. The third-order valence-electron chi connectivity index (χ3n) is 4.95. The van der Waals surface area contributed by atoms with Crippen molar-refractivity contribution in [2.75, 3.05) is 38.1 Å². The van der Waals surface area contributed by atoms with Gasteiger partial charge in [-0.05, 0) is 38.4 Å². The molecule has 1 aliphatic rings. The molecule has 2 heterocycles. The Kier molecular flexibility index (Phi) is 6.76. The van der Waals surface area contributed by atoms with Gasteiger partial charge in [0.2, 0.25) is 11.9 Å². The van der Waals surface area contributed by atoms with E-state index in [0.29, 0.717) is 13.1 Å². The van der Waals surface area contributed by atoms with Gasteiger partial charge in [-0.3, -0.25) is 4.79 Å². The molecule has 6 heteroatoms. The van der Waals surface area contributed by atoms with Crippen LogP contribution in [0.25, 0.3) is 0 Å². The quantitative estimate of drug-likeness (QED) is 0.813. The van der Waals surface area contributed by atoms with E-state index in [1.165, 1.54) is 5.56 Å². The van der Waals surface area contributed by atoms with Gasteiger partial charge in [0, 0.05) is 44.6 Å². The van der Waals surface area contributed by atoms with Gasteiger partial charge in [0.05, 0.1) is 5.92 Å². The molecular formula is C21H29N5O. The van der Waals surface area contributed by atoms with E-state index in [-0.39, 0.29) is 11.8 Å². The van der Waals surface area contributed by atoms with E-state index in [2.05, 4.69) is 56.4 Å². The number of hydrogen-bond acceptors (Lipinski definition) is 5. The summed E-state index contributed by atoms with van der Waals surface area (Å²) in [5.74, 6) is 0.873. The Hall–Kier alpha value is -2.47. The Labute approximate surface area is 161 Å². The first kappa shape index (κ1) is 19.3. The van der Waals surface area contributed by atoms with Crippen LogP contribution in [-0.2, 0) is 11.3 Å². The van der Waals surface area contributed by atoms with Crippen LogP contribution in [-0.4, -0.2) is 54.0 Å². The molecule has 0 saturated carbocycles. The lowest BCUT2D eigenvalue weighted by atomic mass is 9.97. The molecule has 1 atom stereocenters. The standard InChI is InChI=1S/C21H29N5O/c1-17-10-11-23-21(24-17)26-13-6-9-19(16-26)20(27)22-12-14-25(2)15-18-7-4-3-5-8-18/h3-5,7-8,10-11,19H,6,9,12-16H2,1-2H3,(H,22,27)/t19-/m1/s1. The van der Waals surface area contributed by atoms with Crippen LogP contribution in [0.3, 0.4) is 0 Å². The number of carbonyl (C=O) groups is 1. The van der Waals surface area contributed by atoms with Gasteiger partial charge in [0.15, 0.2) is 0 Å². The molecule has 0 radical (unpaired) electrons. The number of carbonyl (C=O) groups excluding carboxylic acids is 1. The van der Waals surface area contributed by atoms with Crippen molar-refractivity contribution in [2.24, 2.45) is 5.92 Å². The number of amides is 1. The van der Waals surface area contributed by atoms with Gasteiger partial charge < -0.3 is 15.1 Å². The lowest BCUT2D eigenvalue weighted by Crippen LogP contribution is -2.45. The highest BCUT2D eigenvalue weighted by atomic mass is 16.1. The lowest BCUT2D eigenvalue weighted by molar-refractivity contribution is -0.125. The normalized spacial score (nSPS) is 17.1. The molecule has 6 nitrogen and oxygen atoms in total. The predicted octanol–water partition coefficient (Wildman–Crippen LogP) is 2.25. The van der Waals surface area contributed by atoms with Crippen molar-refractivity contribution < 1.29 is 4.79 Å². The summed E-state index contributed by atoms with van der Waals surface area (Å²) in [6.45, 7) is 5.95. The number of piperidine rings is 1. The van der Waals surface area contributed by atoms with Gasteiger partial charge in [-0.25, -0.2) is 9.97 Å². The Morgan fingerprint density at radius 3 is 2.89 bits per heavy atom. The van der Waals surface area contributed by atoms with Crippen molar-refractivity contribution in [1.29, 1.82) is 0 Å². The summed E-state index contributed by atoms with van der Waals surface area (Å²) >= 11 is 0. The molecule has 1 saturated heterocycles. The second-order valence-corrected chi connectivity index (χ2v) is 7.30. The molecular weight excluding hydrogens is 338 g/mol. The molecule has 3 rings (SSSR count). The van der Waals surface area contributed by atoms with E-state index in [4.69, 9.17) is 0 Å². The number of benzene rings is 1. The summed E-state index contributed by atoms with van der Waals surface area (Å²) in [6, 6.07) is 12.3. The SMILES string of the molecule is Cc1ccnc(N2CCC[C@@H](C(=O)NCCN(C)Cc3ccccc3)C2)n1. The molecule has 27 heavy (non-hydrogen) atoms. The minimum atomic E-state index is 0.00212. The Balaban J connectivity index is 1.43. The molecule has 1 aliphatic heterocycles. The minimum Gasteiger partial charge on any atom is -0.355 e. The van der Waals surface area contributed by atoms with Crippen molar-refractivity contribution in [3.63, 3.8) is 0 Å². The molecule has 0 bridgehead atoms. The van der Waals surface area contributed by atoms with Gasteiger partial charge in [0.25, 0.3) is 0 Å². The smallest absolute Gasteiger partial charge is 0.225 e. The fraction of sp³-hybridized carbons (Fsp3) is 0.476. The van der Waals surface area contributed by atoms with Gasteiger partial charge in [-0.2, -0.15) is 0 Å². The van der Waals surface area contributed by atoms with Gasteiger partial charge >= 0.3 is 0 Å². The first-order chi connectivity index (χ1) is 13.1. The molecule has 2 aromatic rings. The lowest BCUT2D eigenvalue weighted by Gasteiger charge is -2.32. The molecule has 0 spiro atoms. The fourth-order valence-electron chi connectivity index (χ4n) is 3.45. The zero-order valence-electron chi connectivity index (χ0n) is 16.3. The summed E-state index contributed by atoms with van der Waals surface area (Å²) < 4.78 is 0. The fourth-order valence-corrected chi connectivity index (χ4v) is 3.45. The van der Waals surface area contributed by atoms with E-state index in [1.807, 2.05) is 19.1 Å². The Morgan fingerprint density at radius 1 is 1.30 bits per heavy atom. The zero-order chi connectivity index (χ0) is 19.1. The summed E-state index contributed by atoms with van der Waals surface area (Å²) in [6.07, 6.45) is 3.70. The van der Waals surface area contributed by atoms with Crippen LogP contribution in [0.5, 0.6) is 0 Å². The largest absolute Gasteiger partial charge is 0.355 e. The number of rotatable bonds is 7. The van der Waals surface area contributed by atoms with Gasteiger partial charge in [0.1, 0.15) is 0 Å². The first-order valence-corrected chi connectivity index (χ1v) is 9.66. The maximum absolute atomic E-state index is 12.6. The average Bonchev–Trinajstić information content (AvgIpc) is 2.69. The highest BCUT2D eigenvalue weighted by Gasteiger charge is 2.26. The second-order valence-electron chi connectivity index (χ2n) is 7.30. The van der Waals surface area contributed by atoms with E-state index in [1.54, 1.807) is 6.20 Å². The third-order valence-corrected chi connectivity index (χ3v) is 4.95. The van der Waals surface area contributed by atoms with Crippen LogP contribution in [0.4, 0.5) is 5.95 Å². The summed E-state index contributed by atoms with van der Waals surface area (Å²) in [7, 11) is 2.08. The summed E-state index contributed by atoms with van der Waals surface area (Å²) in [4.78, 5) is 25.8. The van der Waals surface area contributed by atoms with Crippen LogP contribution in [0.15, 0.2) is 42.6 Å². The van der Waals surface area contributed by atoms with E-state index >= 15 is 0 Å². The van der Waals surface area contributed by atoms with Crippen molar-refractivity contribution in [3.8, 4) is 0 Å². The van der Waals surface area contributed by atoms with Crippen LogP contribution in [0, 0.1) is 12.8 Å². The van der Waals surface area contributed by atoms with Crippen molar-refractivity contribution in [2.45, 2.75) is 26.3 Å². The molecule has 1 aromatic carbocycles. The number of nitrogens with one attached hydrogen (secondary N) is 1. The van der Waals surface area contributed by atoms with Gasteiger partial charge in [-0.15, -0.1) is 0 Å². The van der Waals surface area contributed by atoms with Gasteiger partial charge in [-0.1, -0.05) is 30.3 Å². The van der Waals surface area contributed by atoms with Crippen LogP contribution < -0.4 is 10.2 Å². The molecule has 144 valence electrons. The van der Waals surface area contributed by atoms with E-state index in [9.17, 15) is 4.79 Å². The van der Waals surface area contributed by atoms with Crippen LogP contribution in [0.1, 0.15) is 24.1 Å². The molecule has 0 aliphatic carbocycles. The zero-order valence-corrected chi connectivity index (χ0v) is 16.3. The molecule has 1 fully saturated rings. The number of anilines is 1. The summed E-state index contributed by atoms with van der Waals surface area (Å²) in [5.41, 5.74) is 2.24. The highest BCUT2D eigenvalue weighted by Crippen LogP contribution is 2.20. The molecule has 1 aromatic heterocycles. The topological polar surface area (TPSA) is 61.4 Å². The van der Waals surface area contributed by atoms with Crippen molar-refractivity contribution >= 4 is 11.9 Å². The molecule has 0 unspecified atom stereocenters. The second kappa shape index (κ2) is 9.46. The monoisotopic (exact) mass is 367 g/mol. The van der Waals surface area contributed by atoms with Crippen LogP contribution >= 0.6 is 0 Å². The number of likely N-dealkylation sites (N-methyl/N-ethyl adjacent to an activating group) is 1. The number of hydrogen-bond donors (Lipinski definition) is 1. The third kappa shape index (κ3) is 5.76. The summed E-state index contributed by atoms with van der Waals surface area (Å²) in [5, 5.41) is 3.10. The van der Waals surface area contributed by atoms with E-state index in [0.717, 1.165) is 44.1 Å². The number of aryl methyl sites for hydroxylation is 1. The highest BCUT2D eigenvalue weighted by molar-refractivity contribution is 5.79. The predicted molar refractivity (Wildman–Crippen MR) is 107 cm³/mol. The Bertz CT molecular complexity index is 736. The average molecular weight is 367 g/mol.